The van der Waals surface area contributed by atoms with Crippen molar-refractivity contribution in [3.63, 3.8) is 0 Å². The highest BCUT2D eigenvalue weighted by atomic mass is 35.5. The van der Waals surface area contributed by atoms with E-state index in [1.807, 2.05) is 30.3 Å². The van der Waals surface area contributed by atoms with Crippen molar-refractivity contribution in [2.75, 3.05) is 4.90 Å². The van der Waals surface area contributed by atoms with E-state index in [-0.39, 0.29) is 12.5 Å². The van der Waals surface area contributed by atoms with Crippen LogP contribution in [0.2, 0.25) is 20.1 Å². The number of thiocarbonyl (C=S) groups is 1. The summed E-state index contributed by atoms with van der Waals surface area (Å²) >= 11 is 31.1. The first kappa shape index (κ1) is 23.4. The second-order valence-corrected chi connectivity index (χ2v) is 10.0. The second-order valence-electron chi connectivity index (χ2n) is 6.68. The zero-order valence-electron chi connectivity index (χ0n) is 16.2. The number of nitrogens with zero attached hydrogens (tertiary/aromatic N) is 1. The van der Waals surface area contributed by atoms with Crippen molar-refractivity contribution in [3.8, 4) is 5.75 Å². The molecule has 0 aromatic heterocycles. The zero-order chi connectivity index (χ0) is 22.8. The van der Waals surface area contributed by atoms with Gasteiger partial charge >= 0.3 is 0 Å². The molecule has 1 saturated heterocycles. The first-order valence-corrected chi connectivity index (χ1v) is 12.0. The van der Waals surface area contributed by atoms with Crippen molar-refractivity contribution in [1.82, 2.24) is 0 Å². The fraction of sp³-hybridized carbons (Fsp3) is 0.0435. The second kappa shape index (κ2) is 10.0. The number of ether oxygens (including phenoxy) is 1. The number of hydrogen-bond acceptors (Lipinski definition) is 4. The minimum atomic E-state index is -0.264. The smallest absolute Gasteiger partial charge is 0.270 e. The van der Waals surface area contributed by atoms with E-state index < -0.39 is 0 Å². The van der Waals surface area contributed by atoms with Crippen molar-refractivity contribution in [3.05, 3.63) is 96.8 Å². The van der Waals surface area contributed by atoms with E-state index in [9.17, 15) is 4.79 Å². The lowest BCUT2D eigenvalue weighted by Crippen LogP contribution is -2.27. The standard InChI is InChI=1S/C23H13Cl4NO2S2/c24-15-6-5-14(17(26)10-15)12-30-20-4-2-1-3-13(20)9-21-22(29)28(23(31)32-21)19-8-7-16(25)11-18(19)27/h1-11H,12H2/b21-9-. The normalized spacial score (nSPS) is 15.0. The molecule has 1 heterocycles. The fourth-order valence-corrected chi connectivity index (χ4v) is 5.24. The monoisotopic (exact) mass is 539 g/mol. The van der Waals surface area contributed by atoms with Gasteiger partial charge in [0.1, 0.15) is 12.4 Å². The van der Waals surface area contributed by atoms with E-state index >= 15 is 0 Å². The summed E-state index contributed by atoms with van der Waals surface area (Å²) in [7, 11) is 0. The van der Waals surface area contributed by atoms with Gasteiger partial charge in [0.2, 0.25) is 0 Å². The molecule has 1 aliphatic rings. The molecule has 0 spiro atoms. The molecule has 32 heavy (non-hydrogen) atoms. The number of thioether (sulfide) groups is 1. The van der Waals surface area contributed by atoms with Crippen molar-refractivity contribution in [2.24, 2.45) is 0 Å². The van der Waals surface area contributed by atoms with Gasteiger partial charge in [-0.2, -0.15) is 0 Å². The van der Waals surface area contributed by atoms with Gasteiger partial charge in [-0.05, 0) is 42.5 Å². The summed E-state index contributed by atoms with van der Waals surface area (Å²) in [5.74, 6) is 0.341. The highest BCUT2D eigenvalue weighted by molar-refractivity contribution is 8.27. The fourth-order valence-electron chi connectivity index (χ4n) is 3.00. The first-order chi connectivity index (χ1) is 15.3. The lowest BCUT2D eigenvalue weighted by atomic mass is 10.1. The Labute approximate surface area is 214 Å². The molecular weight excluding hydrogens is 528 g/mol. The number of hydrogen-bond donors (Lipinski definition) is 0. The third-order valence-electron chi connectivity index (χ3n) is 4.55. The predicted molar refractivity (Wildman–Crippen MR) is 139 cm³/mol. The number of amides is 1. The zero-order valence-corrected chi connectivity index (χ0v) is 20.8. The molecule has 0 saturated carbocycles. The van der Waals surface area contributed by atoms with Gasteiger partial charge in [0.25, 0.3) is 5.91 Å². The topological polar surface area (TPSA) is 29.5 Å². The molecule has 1 amide bonds. The van der Waals surface area contributed by atoms with E-state index in [1.165, 1.54) is 16.7 Å². The average Bonchev–Trinajstić information content (AvgIpc) is 3.02. The molecule has 0 bridgehead atoms. The third-order valence-corrected chi connectivity index (χ3v) is 6.98. The largest absolute Gasteiger partial charge is 0.488 e. The van der Waals surface area contributed by atoms with E-state index in [0.717, 1.165) is 11.1 Å². The highest BCUT2D eigenvalue weighted by Gasteiger charge is 2.34. The van der Waals surface area contributed by atoms with Gasteiger partial charge < -0.3 is 4.74 Å². The van der Waals surface area contributed by atoms with Gasteiger partial charge in [-0.3, -0.25) is 9.69 Å². The molecule has 0 atom stereocenters. The number of benzene rings is 3. The van der Waals surface area contributed by atoms with Crippen molar-refractivity contribution >= 4 is 92.4 Å². The van der Waals surface area contributed by atoms with Crippen LogP contribution < -0.4 is 9.64 Å². The Morgan fingerprint density at radius 3 is 2.34 bits per heavy atom. The van der Waals surface area contributed by atoms with Crippen LogP contribution in [0.3, 0.4) is 0 Å². The third kappa shape index (κ3) is 5.09. The molecule has 1 fully saturated rings. The Morgan fingerprint density at radius 1 is 0.938 bits per heavy atom. The summed E-state index contributed by atoms with van der Waals surface area (Å²) in [6.07, 6.45) is 1.75. The Balaban J connectivity index is 1.59. The maximum atomic E-state index is 13.1. The summed E-state index contributed by atoms with van der Waals surface area (Å²) in [5.41, 5.74) is 2.03. The number of halogens is 4. The molecule has 1 aliphatic heterocycles. The quantitative estimate of drug-likeness (QED) is 0.240. The first-order valence-electron chi connectivity index (χ1n) is 9.22. The molecule has 4 rings (SSSR count). The number of para-hydroxylation sites is 1. The molecule has 162 valence electrons. The predicted octanol–water partition coefficient (Wildman–Crippen LogP) is 8.29. The van der Waals surface area contributed by atoms with Gasteiger partial charge in [-0.25, -0.2) is 0 Å². The Morgan fingerprint density at radius 2 is 1.62 bits per heavy atom. The molecule has 3 aromatic rings. The Kier molecular flexibility index (Phi) is 7.35. The summed E-state index contributed by atoms with van der Waals surface area (Å²) in [6, 6.07) is 17.6. The van der Waals surface area contributed by atoms with Crippen LogP contribution in [-0.4, -0.2) is 10.2 Å². The minimum Gasteiger partial charge on any atom is -0.488 e. The van der Waals surface area contributed by atoms with Gasteiger partial charge in [-0.1, -0.05) is 94.6 Å². The summed E-state index contributed by atoms with van der Waals surface area (Å²) in [6.45, 7) is 0.252. The molecule has 9 heteroatoms. The lowest BCUT2D eigenvalue weighted by molar-refractivity contribution is -0.113. The van der Waals surface area contributed by atoms with Crippen LogP contribution in [0.5, 0.6) is 5.75 Å². The summed E-state index contributed by atoms with van der Waals surface area (Å²) in [4.78, 5) is 15.0. The van der Waals surface area contributed by atoms with Crippen LogP contribution in [0.25, 0.3) is 6.08 Å². The van der Waals surface area contributed by atoms with E-state index in [4.69, 9.17) is 63.4 Å². The highest BCUT2D eigenvalue weighted by Crippen LogP contribution is 2.40. The van der Waals surface area contributed by atoms with Crippen LogP contribution in [0.4, 0.5) is 5.69 Å². The lowest BCUT2D eigenvalue weighted by Gasteiger charge is -2.16. The molecule has 0 unspecified atom stereocenters. The maximum Gasteiger partial charge on any atom is 0.270 e. The van der Waals surface area contributed by atoms with Gasteiger partial charge in [0.05, 0.1) is 15.6 Å². The summed E-state index contributed by atoms with van der Waals surface area (Å²) in [5, 5.41) is 1.91. The molecule has 3 nitrogen and oxygen atoms in total. The van der Waals surface area contributed by atoms with Crippen molar-refractivity contribution in [1.29, 1.82) is 0 Å². The SMILES string of the molecule is O=C1/C(=C/c2ccccc2OCc2ccc(Cl)cc2Cl)SC(=S)N1c1ccc(Cl)cc1Cl. The van der Waals surface area contributed by atoms with E-state index in [2.05, 4.69) is 0 Å². The van der Waals surface area contributed by atoms with Crippen LogP contribution >= 0.6 is 70.4 Å². The number of anilines is 1. The Hall–Kier alpha value is -1.73. The number of carbonyl (C=O) groups excluding carboxylic acids is 1. The van der Waals surface area contributed by atoms with E-state index in [0.29, 0.717) is 40.8 Å². The maximum absolute atomic E-state index is 13.1. The van der Waals surface area contributed by atoms with Gasteiger partial charge in [0.15, 0.2) is 4.32 Å². The molecule has 0 radical (unpaired) electrons. The molecule has 0 N–H and O–H groups in total. The van der Waals surface area contributed by atoms with E-state index in [1.54, 1.807) is 36.4 Å². The van der Waals surface area contributed by atoms with Gasteiger partial charge in [0, 0.05) is 26.2 Å². The van der Waals surface area contributed by atoms with Crippen molar-refractivity contribution in [2.45, 2.75) is 6.61 Å². The molecule has 0 aliphatic carbocycles. The molecular formula is C23H13Cl4NO2S2. The van der Waals surface area contributed by atoms with Crippen LogP contribution in [0.1, 0.15) is 11.1 Å². The van der Waals surface area contributed by atoms with Gasteiger partial charge in [-0.15, -0.1) is 0 Å². The number of carbonyl (C=O) groups is 1. The summed E-state index contributed by atoms with van der Waals surface area (Å²) < 4.78 is 6.37. The number of rotatable bonds is 5. The average molecular weight is 541 g/mol. The molecule has 3 aromatic carbocycles. The van der Waals surface area contributed by atoms with Crippen molar-refractivity contribution < 1.29 is 9.53 Å². The van der Waals surface area contributed by atoms with Crippen LogP contribution in [0, 0.1) is 0 Å². The van der Waals surface area contributed by atoms with Crippen LogP contribution in [0.15, 0.2) is 65.6 Å². The minimum absolute atomic E-state index is 0.252. The van der Waals surface area contributed by atoms with Crippen LogP contribution in [-0.2, 0) is 11.4 Å². The Bertz CT molecular complexity index is 1260.